The van der Waals surface area contributed by atoms with Crippen LogP contribution >= 0.6 is 11.3 Å². The highest BCUT2D eigenvalue weighted by Crippen LogP contribution is 2.22. The van der Waals surface area contributed by atoms with Crippen LogP contribution in [0.15, 0.2) is 36.4 Å². The molecule has 0 amide bonds. The molecule has 3 nitrogen and oxygen atoms in total. The molecule has 1 heterocycles. The molecule has 1 N–H and O–H groups in total. The number of thiophene rings is 1. The lowest BCUT2D eigenvalue weighted by molar-refractivity contribution is 0.302. The first kappa shape index (κ1) is 14.4. The summed E-state index contributed by atoms with van der Waals surface area (Å²) >= 11 is 1.57. The molecule has 1 aromatic carbocycles. The van der Waals surface area contributed by atoms with Crippen LogP contribution in [0.1, 0.15) is 16.7 Å². The number of rotatable bonds is 5. The van der Waals surface area contributed by atoms with Crippen molar-refractivity contribution in [3.8, 4) is 23.3 Å². The van der Waals surface area contributed by atoms with Crippen molar-refractivity contribution in [2.75, 3.05) is 13.2 Å². The second-order valence-electron chi connectivity index (χ2n) is 3.92. The molecular formula is C16H16O3S. The molecule has 2 aromatic rings. The van der Waals surface area contributed by atoms with Gasteiger partial charge in [0.05, 0.1) is 11.5 Å². The van der Waals surface area contributed by atoms with Gasteiger partial charge in [0.25, 0.3) is 0 Å². The Morgan fingerprint density at radius 3 is 2.70 bits per heavy atom. The van der Waals surface area contributed by atoms with Crippen LogP contribution in [0.2, 0.25) is 0 Å². The molecule has 0 aliphatic heterocycles. The molecule has 0 aliphatic carbocycles. The van der Waals surface area contributed by atoms with Crippen molar-refractivity contribution in [1.82, 2.24) is 0 Å². The third-order valence-corrected chi connectivity index (χ3v) is 3.42. The van der Waals surface area contributed by atoms with Crippen molar-refractivity contribution < 1.29 is 14.6 Å². The first-order valence-corrected chi connectivity index (χ1v) is 7.17. The summed E-state index contributed by atoms with van der Waals surface area (Å²) in [4.78, 5) is 2.02. The van der Waals surface area contributed by atoms with Crippen LogP contribution in [-0.4, -0.2) is 18.3 Å². The summed E-state index contributed by atoms with van der Waals surface area (Å²) in [5.74, 6) is 7.11. The zero-order valence-corrected chi connectivity index (χ0v) is 12.1. The van der Waals surface area contributed by atoms with E-state index in [4.69, 9.17) is 14.6 Å². The third-order valence-electron chi connectivity index (χ3n) is 2.45. The summed E-state index contributed by atoms with van der Waals surface area (Å²) < 4.78 is 11.2. The van der Waals surface area contributed by atoms with Gasteiger partial charge in [-0.05, 0) is 31.2 Å². The van der Waals surface area contributed by atoms with E-state index in [1.165, 1.54) is 0 Å². The first-order valence-electron chi connectivity index (χ1n) is 6.36. The lowest BCUT2D eigenvalue weighted by Gasteiger charge is -2.07. The summed E-state index contributed by atoms with van der Waals surface area (Å²) in [6, 6.07) is 11.5. The van der Waals surface area contributed by atoms with Crippen molar-refractivity contribution >= 4 is 11.3 Å². The second kappa shape index (κ2) is 7.59. The average Bonchev–Trinajstić information content (AvgIpc) is 2.92. The Labute approximate surface area is 122 Å². The van der Waals surface area contributed by atoms with Gasteiger partial charge in [-0.15, -0.1) is 11.3 Å². The quantitative estimate of drug-likeness (QED) is 0.859. The van der Waals surface area contributed by atoms with Crippen molar-refractivity contribution in [2.24, 2.45) is 0 Å². The molecule has 0 unspecified atom stereocenters. The minimum Gasteiger partial charge on any atom is -0.494 e. The van der Waals surface area contributed by atoms with Gasteiger partial charge in [0.15, 0.2) is 0 Å². The van der Waals surface area contributed by atoms with Crippen molar-refractivity contribution in [3.63, 3.8) is 0 Å². The van der Waals surface area contributed by atoms with Crippen molar-refractivity contribution in [3.05, 3.63) is 46.2 Å². The maximum absolute atomic E-state index is 8.65. The molecule has 1 aromatic heterocycles. The van der Waals surface area contributed by atoms with Gasteiger partial charge in [-0.2, -0.15) is 0 Å². The number of hydrogen-bond acceptors (Lipinski definition) is 4. The monoisotopic (exact) mass is 288 g/mol. The highest BCUT2D eigenvalue weighted by Gasteiger charge is 2.01. The Morgan fingerprint density at radius 2 is 1.95 bits per heavy atom. The van der Waals surface area contributed by atoms with Gasteiger partial charge < -0.3 is 14.6 Å². The molecular weight excluding hydrogens is 272 g/mol. The van der Waals surface area contributed by atoms with E-state index >= 15 is 0 Å². The zero-order chi connectivity index (χ0) is 14.2. The SMILES string of the molecule is CCOc1cccc(OCc2ccc(C#CCO)s2)c1. The fraction of sp³-hybridized carbons (Fsp3) is 0.250. The van der Waals surface area contributed by atoms with E-state index in [0.29, 0.717) is 13.2 Å². The number of aliphatic hydroxyl groups excluding tert-OH is 1. The largest absolute Gasteiger partial charge is 0.494 e. The molecule has 0 fully saturated rings. The average molecular weight is 288 g/mol. The van der Waals surface area contributed by atoms with E-state index in [9.17, 15) is 0 Å². The minimum absolute atomic E-state index is 0.117. The Balaban J connectivity index is 1.94. The van der Waals surface area contributed by atoms with Gasteiger partial charge >= 0.3 is 0 Å². The van der Waals surface area contributed by atoms with Crippen LogP contribution in [0.25, 0.3) is 0 Å². The molecule has 0 spiro atoms. The fourth-order valence-electron chi connectivity index (χ4n) is 1.62. The predicted octanol–water partition coefficient (Wildman–Crippen LogP) is 3.07. The van der Waals surface area contributed by atoms with Gasteiger partial charge in [0.2, 0.25) is 0 Å². The summed E-state index contributed by atoms with van der Waals surface area (Å²) in [6.07, 6.45) is 0. The number of aliphatic hydroxyl groups is 1. The molecule has 0 atom stereocenters. The molecule has 0 saturated heterocycles. The minimum atomic E-state index is -0.117. The van der Waals surface area contributed by atoms with Crippen molar-refractivity contribution in [1.29, 1.82) is 0 Å². The number of benzene rings is 1. The molecule has 4 heteroatoms. The fourth-order valence-corrected chi connectivity index (χ4v) is 2.42. The normalized spacial score (nSPS) is 9.70. The summed E-state index contributed by atoms with van der Waals surface area (Å²) in [6.45, 7) is 2.98. The summed E-state index contributed by atoms with van der Waals surface area (Å²) in [7, 11) is 0. The van der Waals surface area contributed by atoms with E-state index in [0.717, 1.165) is 21.3 Å². The maximum Gasteiger partial charge on any atom is 0.123 e. The van der Waals surface area contributed by atoms with Crippen LogP contribution in [0.4, 0.5) is 0 Å². The Morgan fingerprint density at radius 1 is 1.15 bits per heavy atom. The Hall–Kier alpha value is -1.96. The van der Waals surface area contributed by atoms with Gasteiger partial charge in [-0.25, -0.2) is 0 Å². The van der Waals surface area contributed by atoms with Crippen LogP contribution in [0.3, 0.4) is 0 Å². The molecule has 0 aliphatic rings. The molecule has 0 radical (unpaired) electrons. The molecule has 104 valence electrons. The topological polar surface area (TPSA) is 38.7 Å². The Kier molecular flexibility index (Phi) is 5.48. The van der Waals surface area contributed by atoms with E-state index < -0.39 is 0 Å². The number of ether oxygens (including phenoxy) is 2. The molecule has 0 saturated carbocycles. The van der Waals surface area contributed by atoms with E-state index in [1.807, 2.05) is 43.3 Å². The first-order chi connectivity index (χ1) is 9.81. The van der Waals surface area contributed by atoms with Crippen LogP contribution < -0.4 is 9.47 Å². The summed E-state index contributed by atoms with van der Waals surface area (Å²) in [5, 5.41) is 8.65. The van der Waals surface area contributed by atoms with Gasteiger partial charge in [0.1, 0.15) is 24.7 Å². The highest BCUT2D eigenvalue weighted by atomic mass is 32.1. The van der Waals surface area contributed by atoms with E-state index in [-0.39, 0.29) is 6.61 Å². The van der Waals surface area contributed by atoms with Gasteiger partial charge in [-0.1, -0.05) is 17.9 Å². The van der Waals surface area contributed by atoms with Crippen LogP contribution in [0, 0.1) is 11.8 Å². The van der Waals surface area contributed by atoms with Crippen molar-refractivity contribution in [2.45, 2.75) is 13.5 Å². The molecule has 20 heavy (non-hydrogen) atoms. The van der Waals surface area contributed by atoms with E-state index in [2.05, 4.69) is 11.8 Å². The predicted molar refractivity (Wildman–Crippen MR) is 80.2 cm³/mol. The standard InChI is InChI=1S/C16H16O3S/c1-2-18-13-5-3-6-14(11-13)19-12-16-9-8-15(20-16)7-4-10-17/h3,5-6,8-9,11,17H,2,10,12H2,1H3. The van der Waals surface area contributed by atoms with Gasteiger partial charge in [0, 0.05) is 10.9 Å². The second-order valence-corrected chi connectivity index (χ2v) is 5.09. The smallest absolute Gasteiger partial charge is 0.123 e. The lowest BCUT2D eigenvalue weighted by atomic mass is 10.3. The maximum atomic E-state index is 8.65. The molecule has 0 bridgehead atoms. The van der Waals surface area contributed by atoms with Gasteiger partial charge in [-0.3, -0.25) is 0 Å². The highest BCUT2D eigenvalue weighted by molar-refractivity contribution is 7.12. The van der Waals surface area contributed by atoms with E-state index in [1.54, 1.807) is 11.3 Å². The van der Waals surface area contributed by atoms with Crippen LogP contribution in [0.5, 0.6) is 11.5 Å². The third kappa shape index (κ3) is 4.30. The summed E-state index contributed by atoms with van der Waals surface area (Å²) in [5.41, 5.74) is 0. The number of hydrogen-bond donors (Lipinski definition) is 1. The van der Waals surface area contributed by atoms with Crippen LogP contribution in [-0.2, 0) is 6.61 Å². The molecule has 2 rings (SSSR count). The Bertz CT molecular complexity index is 607. The zero-order valence-electron chi connectivity index (χ0n) is 11.3. The lowest BCUT2D eigenvalue weighted by Crippen LogP contribution is -1.95.